The number of anilines is 1. The van der Waals surface area contributed by atoms with Crippen LogP contribution in [-0.4, -0.2) is 65.9 Å². The molecule has 9 nitrogen and oxygen atoms in total. The van der Waals surface area contributed by atoms with Gasteiger partial charge in [-0.25, -0.2) is 4.79 Å². The number of carboxylic acids is 1. The number of amides is 1. The molecule has 0 radical (unpaired) electrons. The average molecular weight is 450 g/mol. The third kappa shape index (κ3) is 5.32. The molecule has 1 amide bonds. The lowest BCUT2D eigenvalue weighted by molar-refractivity contribution is -0.121. The van der Waals surface area contributed by atoms with Gasteiger partial charge < -0.3 is 24.8 Å². The summed E-state index contributed by atoms with van der Waals surface area (Å²) in [5.74, 6) is -0.503. The highest BCUT2D eigenvalue weighted by Crippen LogP contribution is 2.33. The number of aromatic amines is 1. The summed E-state index contributed by atoms with van der Waals surface area (Å²) in [6, 6.07) is 10.3. The molecule has 172 valence electrons. The second-order valence-electron chi connectivity index (χ2n) is 8.18. The zero-order chi connectivity index (χ0) is 23.4. The number of carbonyl (C=O) groups is 2. The van der Waals surface area contributed by atoms with E-state index >= 15 is 0 Å². The van der Waals surface area contributed by atoms with Crippen LogP contribution in [0.5, 0.6) is 11.5 Å². The first kappa shape index (κ1) is 22.3. The van der Waals surface area contributed by atoms with Crippen LogP contribution in [0.25, 0.3) is 11.1 Å². The Balaban J connectivity index is 1.51. The molecule has 33 heavy (non-hydrogen) atoms. The van der Waals surface area contributed by atoms with Crippen LogP contribution in [0.4, 0.5) is 5.69 Å². The van der Waals surface area contributed by atoms with Crippen molar-refractivity contribution in [3.63, 3.8) is 0 Å². The maximum Gasteiger partial charge on any atom is 0.335 e. The Kier molecular flexibility index (Phi) is 6.60. The summed E-state index contributed by atoms with van der Waals surface area (Å²) in [5, 5.41) is 19.0. The van der Waals surface area contributed by atoms with Crippen LogP contribution >= 0.6 is 0 Å². The summed E-state index contributed by atoms with van der Waals surface area (Å²) >= 11 is 0. The van der Waals surface area contributed by atoms with Crippen molar-refractivity contribution in [1.29, 1.82) is 0 Å². The largest absolute Gasteiger partial charge is 0.492 e. The fraction of sp³-hybridized carbons (Fsp3) is 0.292. The number of H-pyrrole nitrogens is 1. The zero-order valence-electron chi connectivity index (χ0n) is 18.5. The molecule has 0 saturated carbocycles. The maximum atomic E-state index is 13.1. The summed E-state index contributed by atoms with van der Waals surface area (Å²) in [4.78, 5) is 26.4. The van der Waals surface area contributed by atoms with Crippen LogP contribution in [-0.2, 0) is 11.2 Å². The molecular weight excluding hydrogens is 424 g/mol. The van der Waals surface area contributed by atoms with Gasteiger partial charge >= 0.3 is 5.97 Å². The molecule has 0 saturated heterocycles. The second kappa shape index (κ2) is 9.74. The normalized spacial score (nSPS) is 14.9. The molecule has 1 aliphatic rings. The molecule has 2 aromatic carbocycles. The number of nitrogens with one attached hydrogen (secondary N) is 2. The predicted octanol–water partition coefficient (Wildman–Crippen LogP) is 2.91. The molecule has 3 aromatic rings. The molecule has 0 aliphatic carbocycles. The van der Waals surface area contributed by atoms with Gasteiger partial charge in [-0.15, -0.1) is 0 Å². The number of fused-ring (bicyclic) bond motifs is 1. The number of rotatable bonds is 8. The number of aromatic carboxylic acids is 1. The Morgan fingerprint density at radius 3 is 2.82 bits per heavy atom. The summed E-state index contributed by atoms with van der Waals surface area (Å²) in [7, 11) is 3.93. The minimum atomic E-state index is -1.01. The molecule has 3 N–H and O–H groups in total. The highest BCUT2D eigenvalue weighted by atomic mass is 16.5. The topological polar surface area (TPSA) is 117 Å². The van der Waals surface area contributed by atoms with Gasteiger partial charge in [0, 0.05) is 18.3 Å². The van der Waals surface area contributed by atoms with E-state index in [0.29, 0.717) is 35.8 Å². The minimum Gasteiger partial charge on any atom is -0.492 e. The van der Waals surface area contributed by atoms with E-state index < -0.39 is 11.9 Å². The van der Waals surface area contributed by atoms with Crippen molar-refractivity contribution in [2.45, 2.75) is 6.42 Å². The smallest absolute Gasteiger partial charge is 0.335 e. The van der Waals surface area contributed by atoms with Gasteiger partial charge in [-0.2, -0.15) is 5.10 Å². The van der Waals surface area contributed by atoms with Crippen LogP contribution in [0.3, 0.4) is 0 Å². The van der Waals surface area contributed by atoms with E-state index in [4.69, 9.17) is 9.47 Å². The van der Waals surface area contributed by atoms with Crippen LogP contribution in [0.2, 0.25) is 0 Å². The van der Waals surface area contributed by atoms with E-state index in [1.54, 1.807) is 24.5 Å². The average Bonchev–Trinajstić information content (AvgIpc) is 3.34. The van der Waals surface area contributed by atoms with Crippen molar-refractivity contribution in [3.05, 3.63) is 59.9 Å². The summed E-state index contributed by atoms with van der Waals surface area (Å²) in [6.07, 6.45) is 3.91. The standard InChI is InChI=1S/C24H26N4O5/c1-28(2)7-8-32-22-11-15(19-12-25-26-13-19)3-5-20(22)27-23(29)18-10-17-9-16(24(30)31)4-6-21(17)33-14-18/h3-6,9,11-13,18H,7-8,10,14H2,1-2H3,(H,25,26)(H,27,29)(H,30,31). The first-order valence-electron chi connectivity index (χ1n) is 10.6. The number of aromatic nitrogens is 2. The highest BCUT2D eigenvalue weighted by Gasteiger charge is 2.27. The number of hydrogen-bond donors (Lipinski definition) is 3. The van der Waals surface area contributed by atoms with Gasteiger partial charge in [-0.3, -0.25) is 9.89 Å². The third-order valence-electron chi connectivity index (χ3n) is 5.45. The molecule has 9 heteroatoms. The van der Waals surface area contributed by atoms with Gasteiger partial charge in [-0.1, -0.05) is 6.07 Å². The van der Waals surface area contributed by atoms with Crippen LogP contribution in [0, 0.1) is 5.92 Å². The van der Waals surface area contributed by atoms with Crippen molar-refractivity contribution < 1.29 is 24.2 Å². The van der Waals surface area contributed by atoms with E-state index in [9.17, 15) is 14.7 Å². The lowest BCUT2D eigenvalue weighted by atomic mass is 9.94. The Labute approximate surface area is 191 Å². The van der Waals surface area contributed by atoms with Crippen LogP contribution < -0.4 is 14.8 Å². The SMILES string of the molecule is CN(C)CCOc1cc(-c2cn[nH]c2)ccc1NC(=O)C1COc2ccc(C(=O)O)cc2C1. The van der Waals surface area contributed by atoms with E-state index in [1.165, 1.54) is 6.07 Å². The number of nitrogens with zero attached hydrogens (tertiary/aromatic N) is 2. The lowest BCUT2D eigenvalue weighted by Gasteiger charge is -2.25. The fourth-order valence-electron chi connectivity index (χ4n) is 3.60. The molecule has 0 spiro atoms. The molecule has 1 aromatic heterocycles. The molecule has 2 heterocycles. The molecule has 4 rings (SSSR count). The van der Waals surface area contributed by atoms with E-state index in [2.05, 4.69) is 15.5 Å². The molecule has 1 atom stereocenters. The van der Waals surface area contributed by atoms with Gasteiger partial charge in [0.25, 0.3) is 0 Å². The van der Waals surface area contributed by atoms with Crippen molar-refractivity contribution in [2.75, 3.05) is 39.2 Å². The van der Waals surface area contributed by atoms with Crippen LogP contribution in [0.15, 0.2) is 48.8 Å². The highest BCUT2D eigenvalue weighted by molar-refractivity contribution is 5.95. The van der Waals surface area contributed by atoms with Crippen molar-refractivity contribution in [3.8, 4) is 22.6 Å². The Hall–Kier alpha value is -3.85. The van der Waals surface area contributed by atoms with E-state index in [-0.39, 0.29) is 18.1 Å². The quantitative estimate of drug-likeness (QED) is 0.483. The number of likely N-dealkylation sites (N-methyl/N-ethyl adjacent to an activating group) is 1. The Bertz CT molecular complexity index is 1140. The Morgan fingerprint density at radius 1 is 1.24 bits per heavy atom. The molecule has 1 aliphatic heterocycles. The molecule has 1 unspecified atom stereocenters. The number of carboxylic acid groups (broad SMARTS) is 1. The number of ether oxygens (including phenoxy) is 2. The van der Waals surface area contributed by atoms with E-state index in [0.717, 1.165) is 17.7 Å². The monoisotopic (exact) mass is 450 g/mol. The molecular formula is C24H26N4O5. The van der Waals surface area contributed by atoms with Crippen molar-refractivity contribution >= 4 is 17.6 Å². The lowest BCUT2D eigenvalue weighted by Crippen LogP contribution is -2.33. The third-order valence-corrected chi connectivity index (χ3v) is 5.45. The van der Waals surface area contributed by atoms with Gasteiger partial charge in [0.15, 0.2) is 0 Å². The number of benzene rings is 2. The zero-order valence-corrected chi connectivity index (χ0v) is 18.5. The summed E-state index contributed by atoms with van der Waals surface area (Å²) in [5.41, 5.74) is 3.27. The number of carbonyl (C=O) groups excluding carboxylic acids is 1. The van der Waals surface area contributed by atoms with Crippen molar-refractivity contribution in [2.24, 2.45) is 5.92 Å². The number of hydrogen-bond acceptors (Lipinski definition) is 6. The first-order valence-corrected chi connectivity index (χ1v) is 10.6. The molecule has 0 fully saturated rings. The minimum absolute atomic E-state index is 0.171. The van der Waals surface area contributed by atoms with Crippen molar-refractivity contribution in [1.82, 2.24) is 15.1 Å². The van der Waals surface area contributed by atoms with Gasteiger partial charge in [-0.05, 0) is 62.0 Å². The summed E-state index contributed by atoms with van der Waals surface area (Å²) in [6.45, 7) is 1.40. The Morgan fingerprint density at radius 2 is 2.09 bits per heavy atom. The molecule has 0 bridgehead atoms. The maximum absolute atomic E-state index is 13.1. The predicted molar refractivity (Wildman–Crippen MR) is 123 cm³/mol. The van der Waals surface area contributed by atoms with E-state index in [1.807, 2.05) is 37.2 Å². The van der Waals surface area contributed by atoms with Gasteiger partial charge in [0.1, 0.15) is 24.7 Å². The fourth-order valence-corrected chi connectivity index (χ4v) is 3.60. The van der Waals surface area contributed by atoms with Crippen LogP contribution in [0.1, 0.15) is 15.9 Å². The summed E-state index contributed by atoms with van der Waals surface area (Å²) < 4.78 is 11.7. The first-order chi connectivity index (χ1) is 15.9. The van der Waals surface area contributed by atoms with Gasteiger partial charge in [0.2, 0.25) is 5.91 Å². The second-order valence-corrected chi connectivity index (χ2v) is 8.18. The van der Waals surface area contributed by atoms with Gasteiger partial charge in [0.05, 0.1) is 23.4 Å².